The van der Waals surface area contributed by atoms with Gasteiger partial charge in [-0.2, -0.15) is 0 Å². The highest BCUT2D eigenvalue weighted by molar-refractivity contribution is 5.71. The zero-order valence-corrected chi connectivity index (χ0v) is 13.5. The third kappa shape index (κ3) is 1.55. The monoisotopic (exact) mass is 264 g/mol. The van der Waals surface area contributed by atoms with E-state index >= 15 is 0 Å². The van der Waals surface area contributed by atoms with Crippen molar-refractivity contribution in [1.29, 1.82) is 0 Å². The molecule has 4 atom stereocenters. The number of ether oxygens (including phenoxy) is 1. The lowest BCUT2D eigenvalue weighted by Crippen LogP contribution is -2.50. The van der Waals surface area contributed by atoms with Crippen LogP contribution >= 0.6 is 0 Å². The fraction of sp³-hybridized carbons (Fsp3) is 0.824. The van der Waals surface area contributed by atoms with Gasteiger partial charge in [0.1, 0.15) is 0 Å². The highest BCUT2D eigenvalue weighted by Crippen LogP contribution is 2.71. The molecule has 2 nitrogen and oxygen atoms in total. The first-order valence-electron chi connectivity index (χ1n) is 7.51. The molecule has 0 amide bonds. The predicted octanol–water partition coefficient (Wildman–Crippen LogP) is 3.83. The number of rotatable bonds is 4. The molecule has 2 aliphatic carbocycles. The number of allylic oxidation sites excluding steroid dienone is 1. The summed E-state index contributed by atoms with van der Waals surface area (Å²) in [5.41, 5.74) is 2.82. The van der Waals surface area contributed by atoms with Crippen LogP contribution in [0.3, 0.4) is 0 Å². The van der Waals surface area contributed by atoms with Gasteiger partial charge in [-0.25, -0.2) is 0 Å². The number of hydrogen-bond donors (Lipinski definition) is 0. The van der Waals surface area contributed by atoms with Crippen molar-refractivity contribution in [2.45, 2.75) is 60.5 Å². The second kappa shape index (κ2) is 4.44. The molecule has 0 aliphatic heterocycles. The lowest BCUT2D eigenvalue weighted by atomic mass is 9.68. The fourth-order valence-corrected chi connectivity index (χ4v) is 4.55. The molecule has 1 saturated carbocycles. The summed E-state index contributed by atoms with van der Waals surface area (Å²) in [6.45, 7) is 17.0. The third-order valence-corrected chi connectivity index (χ3v) is 6.25. The van der Waals surface area contributed by atoms with E-state index in [-0.39, 0.29) is 10.8 Å². The van der Waals surface area contributed by atoms with Crippen molar-refractivity contribution in [3.63, 3.8) is 0 Å². The summed E-state index contributed by atoms with van der Waals surface area (Å²) in [4.78, 5) is 0. The quantitative estimate of drug-likeness (QED) is 0.429. The predicted molar refractivity (Wildman–Crippen MR) is 79.0 cm³/mol. The van der Waals surface area contributed by atoms with Crippen LogP contribution in [0.25, 0.3) is 0 Å². The average Bonchev–Trinajstić information content (AvgIpc) is 2.62. The highest BCUT2D eigenvalue weighted by atomic mass is 16.5. The minimum atomic E-state index is -0.393. The van der Waals surface area contributed by atoms with Gasteiger partial charge in [0.15, 0.2) is 0 Å². The molecule has 108 valence electrons. The van der Waals surface area contributed by atoms with Crippen LogP contribution in [0.4, 0.5) is 0 Å². The van der Waals surface area contributed by atoms with E-state index in [1.54, 1.807) is 0 Å². The van der Waals surface area contributed by atoms with E-state index in [1.807, 2.05) is 6.92 Å². The van der Waals surface area contributed by atoms with Crippen LogP contribution in [0, 0.1) is 16.7 Å². The van der Waals surface area contributed by atoms with Crippen molar-refractivity contribution in [1.82, 2.24) is 0 Å². The van der Waals surface area contributed by atoms with Crippen molar-refractivity contribution >= 4 is 6.29 Å². The van der Waals surface area contributed by atoms with Crippen LogP contribution in [0.15, 0.2) is 11.1 Å². The van der Waals surface area contributed by atoms with Gasteiger partial charge in [0.2, 0.25) is 6.61 Å². The van der Waals surface area contributed by atoms with Crippen LogP contribution in [0.1, 0.15) is 54.9 Å². The second-order valence-corrected chi connectivity index (χ2v) is 6.56. The lowest BCUT2D eigenvalue weighted by Gasteiger charge is -2.48. The zero-order chi connectivity index (χ0) is 14.5. The van der Waals surface area contributed by atoms with Crippen molar-refractivity contribution in [3.05, 3.63) is 11.1 Å². The van der Waals surface area contributed by atoms with Gasteiger partial charge in [0, 0.05) is 30.8 Å². The van der Waals surface area contributed by atoms with Gasteiger partial charge in [0.05, 0.1) is 0 Å². The molecule has 19 heavy (non-hydrogen) atoms. The van der Waals surface area contributed by atoms with Crippen LogP contribution in [0.5, 0.6) is 0 Å². The molecule has 0 radical (unpaired) electrons. The molecule has 0 aromatic carbocycles. The standard InChI is InChI=1S/C17H28O2/c1-8-18-11-17(19-9-2)10-15(6)12(3)13(4)16(17,7)14(15)5/h14H,8-10H2,1-7H3/t14?,15-,16+,17+/m1/s1. The summed E-state index contributed by atoms with van der Waals surface area (Å²) in [5, 5.41) is 0. The van der Waals surface area contributed by atoms with E-state index in [0.29, 0.717) is 19.1 Å². The van der Waals surface area contributed by atoms with Gasteiger partial charge in [-0.05, 0) is 38.5 Å². The summed E-state index contributed by atoms with van der Waals surface area (Å²) in [5.74, 6) is 0.555. The van der Waals surface area contributed by atoms with Crippen molar-refractivity contribution in [2.24, 2.45) is 16.7 Å². The Kier molecular flexibility index (Phi) is 3.45. The first-order valence-corrected chi connectivity index (χ1v) is 7.51. The topological polar surface area (TPSA) is 20.5 Å². The van der Waals surface area contributed by atoms with Crippen LogP contribution < -0.4 is 0 Å². The summed E-state index contributed by atoms with van der Waals surface area (Å²) in [6.07, 6.45) is 4.25. The molecule has 0 spiro atoms. The maximum atomic E-state index is 6.21. The van der Waals surface area contributed by atoms with Gasteiger partial charge in [0.25, 0.3) is 0 Å². The molecule has 2 aliphatic rings. The Morgan fingerprint density at radius 3 is 2.32 bits per heavy atom. The molecular weight excluding hydrogens is 236 g/mol. The molecule has 2 bridgehead atoms. The van der Waals surface area contributed by atoms with E-state index in [1.165, 1.54) is 11.1 Å². The molecule has 1 fully saturated rings. The minimum Gasteiger partial charge on any atom is -0.454 e. The Morgan fingerprint density at radius 2 is 1.89 bits per heavy atom. The molecule has 0 saturated heterocycles. The summed E-state index contributed by atoms with van der Waals surface area (Å²) < 4.78 is 11.8. The Hall–Kier alpha value is -0.630. The average molecular weight is 264 g/mol. The van der Waals surface area contributed by atoms with E-state index in [9.17, 15) is 0 Å². The molecule has 2 rings (SSSR count). The van der Waals surface area contributed by atoms with Gasteiger partial charge >= 0.3 is 0 Å². The maximum Gasteiger partial charge on any atom is 0.215 e. The molecule has 1 unspecified atom stereocenters. The molecular formula is C17H28O2. The zero-order valence-electron chi connectivity index (χ0n) is 13.5. The fourth-order valence-electron chi connectivity index (χ4n) is 4.55. The number of fused-ring (bicyclic) bond motifs is 2. The number of carbonyl (C=O) groups excluding carboxylic acids is 1. The number of hydrogen-bond acceptors (Lipinski definition) is 1. The highest BCUT2D eigenvalue weighted by Gasteiger charge is 2.67. The van der Waals surface area contributed by atoms with Crippen molar-refractivity contribution in [3.8, 4) is 0 Å². The summed E-state index contributed by atoms with van der Waals surface area (Å²) in [6, 6.07) is 0. The van der Waals surface area contributed by atoms with Gasteiger partial charge < -0.3 is 9.16 Å². The first kappa shape index (κ1) is 14.8. The van der Waals surface area contributed by atoms with E-state index in [0.717, 1.165) is 6.42 Å². The third-order valence-electron chi connectivity index (χ3n) is 6.25. The van der Waals surface area contributed by atoms with E-state index in [2.05, 4.69) is 47.8 Å². The first-order chi connectivity index (χ1) is 8.80. The second-order valence-electron chi connectivity index (χ2n) is 6.56. The Bertz CT molecular complexity index is 437. The largest absolute Gasteiger partial charge is 0.454 e. The molecule has 0 aromatic rings. The van der Waals surface area contributed by atoms with Crippen molar-refractivity contribution < 1.29 is 9.16 Å². The summed E-state index contributed by atoms with van der Waals surface area (Å²) in [7, 11) is 0. The van der Waals surface area contributed by atoms with E-state index < -0.39 is 5.60 Å². The molecule has 0 heterocycles. The van der Waals surface area contributed by atoms with Crippen molar-refractivity contribution in [2.75, 3.05) is 13.2 Å². The molecule has 2 heteroatoms. The van der Waals surface area contributed by atoms with Crippen LogP contribution in [-0.2, 0) is 9.16 Å². The van der Waals surface area contributed by atoms with Gasteiger partial charge in [-0.3, -0.25) is 0 Å². The summed E-state index contributed by atoms with van der Waals surface area (Å²) >= 11 is 0. The normalized spacial score (nSPS) is 45.7. The SMILES string of the molecule is CCO[C@]1([C-]=[O+]CC)C[C@]2(C)C(C)=C(C)[C@@]1(C)C2C. The van der Waals surface area contributed by atoms with E-state index in [4.69, 9.17) is 9.16 Å². The van der Waals surface area contributed by atoms with Gasteiger partial charge in [-0.15, -0.1) is 0 Å². The molecule has 0 N–H and O–H groups in total. The Morgan fingerprint density at radius 1 is 1.26 bits per heavy atom. The van der Waals surface area contributed by atoms with Gasteiger partial charge in [-0.1, -0.05) is 31.9 Å². The lowest BCUT2D eigenvalue weighted by molar-refractivity contribution is -0.0641. The smallest absolute Gasteiger partial charge is 0.215 e. The van der Waals surface area contributed by atoms with Crippen LogP contribution in [-0.4, -0.2) is 25.1 Å². The Balaban J connectivity index is 2.58. The Labute approximate surface area is 117 Å². The molecule has 0 aromatic heterocycles. The maximum absolute atomic E-state index is 6.21. The van der Waals surface area contributed by atoms with Crippen LogP contribution in [0.2, 0.25) is 0 Å². The minimum absolute atomic E-state index is 0.00296.